The third-order valence-corrected chi connectivity index (χ3v) is 4.36. The number of hydrogen-bond acceptors (Lipinski definition) is 4. The largest absolute Gasteiger partial charge is 0.465 e. The van der Waals surface area contributed by atoms with Gasteiger partial charge in [0.15, 0.2) is 0 Å². The van der Waals surface area contributed by atoms with Crippen molar-refractivity contribution in [3.8, 4) is 0 Å². The summed E-state index contributed by atoms with van der Waals surface area (Å²) in [5.41, 5.74) is 1.35. The first kappa shape index (κ1) is 14.9. The fraction of sp³-hybridized carbons (Fsp3) is 0.733. The molecule has 4 heteroatoms. The number of aryl methyl sites for hydroxylation is 1. The molecule has 0 atom stereocenters. The lowest BCUT2D eigenvalue weighted by atomic mass is 10.2. The summed E-state index contributed by atoms with van der Waals surface area (Å²) in [7, 11) is 0. The van der Waals surface area contributed by atoms with E-state index in [1.165, 1.54) is 30.2 Å². The monoisotopic (exact) mass is 282 g/mol. The summed E-state index contributed by atoms with van der Waals surface area (Å²) >= 11 is 2.06. The summed E-state index contributed by atoms with van der Waals surface area (Å²) in [5, 5.41) is 3.43. The maximum atomic E-state index is 5.84. The van der Waals surface area contributed by atoms with Gasteiger partial charge in [-0.15, -0.1) is 0 Å². The lowest BCUT2D eigenvalue weighted by Gasteiger charge is -2.25. The fourth-order valence-electron chi connectivity index (χ4n) is 2.32. The highest BCUT2D eigenvalue weighted by molar-refractivity contribution is 7.99. The van der Waals surface area contributed by atoms with Crippen molar-refractivity contribution in [2.45, 2.75) is 33.9 Å². The third-order valence-electron chi connectivity index (χ3n) is 3.42. The molecule has 0 saturated carbocycles. The molecule has 1 aromatic heterocycles. The lowest BCUT2D eigenvalue weighted by Crippen LogP contribution is -2.32. The van der Waals surface area contributed by atoms with Crippen molar-refractivity contribution in [1.29, 1.82) is 0 Å². The van der Waals surface area contributed by atoms with Gasteiger partial charge in [0.05, 0.1) is 6.54 Å². The number of nitrogens with zero attached hydrogens (tertiary/aromatic N) is 1. The number of hydrogen-bond donors (Lipinski definition) is 1. The molecule has 1 fully saturated rings. The molecule has 0 aliphatic carbocycles. The molecule has 108 valence electrons. The second-order valence-corrected chi connectivity index (χ2v) is 6.93. The highest BCUT2D eigenvalue weighted by Gasteiger charge is 2.14. The Morgan fingerprint density at radius 2 is 2.11 bits per heavy atom. The average Bonchev–Trinajstić information content (AvgIpc) is 2.71. The summed E-state index contributed by atoms with van der Waals surface area (Å²) in [6, 6.07) is 2.23. The predicted molar refractivity (Wildman–Crippen MR) is 82.6 cm³/mol. The molecule has 0 spiro atoms. The molecule has 2 rings (SSSR count). The van der Waals surface area contributed by atoms with Crippen LogP contribution in [0.15, 0.2) is 10.5 Å². The molecule has 2 heterocycles. The van der Waals surface area contributed by atoms with Gasteiger partial charge in [0.2, 0.25) is 0 Å². The van der Waals surface area contributed by atoms with E-state index in [1.807, 2.05) is 0 Å². The van der Waals surface area contributed by atoms with Crippen molar-refractivity contribution in [3.05, 3.63) is 23.2 Å². The SMILES string of the molecule is Cc1oc(CNCC(C)C)cc1CN1CCSCC1. The van der Waals surface area contributed by atoms with Gasteiger partial charge in [-0.05, 0) is 25.5 Å². The van der Waals surface area contributed by atoms with Crippen molar-refractivity contribution in [2.75, 3.05) is 31.1 Å². The minimum absolute atomic E-state index is 0.682. The molecule has 1 saturated heterocycles. The van der Waals surface area contributed by atoms with Crippen LogP contribution in [-0.2, 0) is 13.1 Å². The minimum Gasteiger partial charge on any atom is -0.465 e. The first-order valence-corrected chi connectivity index (χ1v) is 8.39. The summed E-state index contributed by atoms with van der Waals surface area (Å²) in [5.74, 6) is 5.36. The van der Waals surface area contributed by atoms with Crippen molar-refractivity contribution in [1.82, 2.24) is 10.2 Å². The van der Waals surface area contributed by atoms with Crippen LogP contribution < -0.4 is 5.32 Å². The van der Waals surface area contributed by atoms with Crippen LogP contribution in [0, 0.1) is 12.8 Å². The fourth-order valence-corrected chi connectivity index (χ4v) is 3.29. The van der Waals surface area contributed by atoms with Crippen molar-refractivity contribution in [2.24, 2.45) is 5.92 Å². The smallest absolute Gasteiger partial charge is 0.118 e. The van der Waals surface area contributed by atoms with Gasteiger partial charge in [-0.2, -0.15) is 11.8 Å². The predicted octanol–water partition coefficient (Wildman–Crippen LogP) is 2.88. The molecule has 0 radical (unpaired) electrons. The highest BCUT2D eigenvalue weighted by Crippen LogP contribution is 2.19. The molecule has 3 nitrogen and oxygen atoms in total. The van der Waals surface area contributed by atoms with Crippen LogP contribution in [0.3, 0.4) is 0 Å². The second kappa shape index (κ2) is 7.36. The zero-order chi connectivity index (χ0) is 13.7. The van der Waals surface area contributed by atoms with Crippen LogP contribution in [0.5, 0.6) is 0 Å². The average molecular weight is 282 g/mol. The van der Waals surface area contributed by atoms with Crippen LogP contribution in [0.25, 0.3) is 0 Å². The lowest BCUT2D eigenvalue weighted by molar-refractivity contribution is 0.292. The second-order valence-electron chi connectivity index (χ2n) is 5.71. The van der Waals surface area contributed by atoms with Gasteiger partial charge in [-0.3, -0.25) is 4.90 Å². The van der Waals surface area contributed by atoms with Gasteiger partial charge in [0, 0.05) is 36.7 Å². The Bertz CT molecular complexity index is 383. The molecule has 1 aromatic rings. The van der Waals surface area contributed by atoms with Gasteiger partial charge in [0.1, 0.15) is 11.5 Å². The molecule has 0 amide bonds. The normalized spacial score (nSPS) is 17.3. The Hall–Kier alpha value is -0.450. The van der Waals surface area contributed by atoms with Gasteiger partial charge < -0.3 is 9.73 Å². The van der Waals surface area contributed by atoms with E-state index in [0.29, 0.717) is 5.92 Å². The Morgan fingerprint density at radius 1 is 1.37 bits per heavy atom. The van der Waals surface area contributed by atoms with Gasteiger partial charge in [-0.25, -0.2) is 0 Å². The molecule has 1 aliphatic rings. The molecule has 0 aromatic carbocycles. The van der Waals surface area contributed by atoms with Gasteiger partial charge in [-0.1, -0.05) is 13.8 Å². The first-order chi connectivity index (χ1) is 9.15. The number of thioether (sulfide) groups is 1. The van der Waals surface area contributed by atoms with Crippen LogP contribution >= 0.6 is 11.8 Å². The molecule has 1 aliphatic heterocycles. The molecule has 19 heavy (non-hydrogen) atoms. The zero-order valence-corrected chi connectivity index (χ0v) is 13.2. The van der Waals surface area contributed by atoms with Crippen LogP contribution in [0.2, 0.25) is 0 Å². The molecule has 1 N–H and O–H groups in total. The van der Waals surface area contributed by atoms with Crippen molar-refractivity contribution >= 4 is 11.8 Å². The van der Waals surface area contributed by atoms with E-state index in [4.69, 9.17) is 4.42 Å². The topological polar surface area (TPSA) is 28.4 Å². The van der Waals surface area contributed by atoms with E-state index < -0.39 is 0 Å². The Kier molecular flexibility index (Phi) is 5.79. The molecular formula is C15H26N2OS. The van der Waals surface area contributed by atoms with Gasteiger partial charge >= 0.3 is 0 Å². The molecular weight excluding hydrogens is 256 g/mol. The zero-order valence-electron chi connectivity index (χ0n) is 12.4. The number of nitrogens with one attached hydrogen (secondary N) is 1. The quantitative estimate of drug-likeness (QED) is 0.868. The van der Waals surface area contributed by atoms with Crippen molar-refractivity contribution < 1.29 is 4.42 Å². The molecule has 0 bridgehead atoms. The van der Waals surface area contributed by atoms with Crippen LogP contribution in [0.1, 0.15) is 30.9 Å². The van der Waals surface area contributed by atoms with Crippen molar-refractivity contribution in [3.63, 3.8) is 0 Å². The van der Waals surface area contributed by atoms with E-state index in [2.05, 4.69) is 48.8 Å². The maximum Gasteiger partial charge on any atom is 0.118 e. The van der Waals surface area contributed by atoms with E-state index in [1.54, 1.807) is 0 Å². The van der Waals surface area contributed by atoms with E-state index in [9.17, 15) is 0 Å². The highest BCUT2D eigenvalue weighted by atomic mass is 32.2. The van der Waals surface area contributed by atoms with Gasteiger partial charge in [0.25, 0.3) is 0 Å². The number of furan rings is 1. The number of rotatable bonds is 6. The first-order valence-electron chi connectivity index (χ1n) is 7.24. The van der Waals surface area contributed by atoms with Crippen LogP contribution in [-0.4, -0.2) is 36.0 Å². The van der Waals surface area contributed by atoms with E-state index in [-0.39, 0.29) is 0 Å². The molecule has 0 unspecified atom stereocenters. The van der Waals surface area contributed by atoms with Crippen LogP contribution in [0.4, 0.5) is 0 Å². The Morgan fingerprint density at radius 3 is 2.79 bits per heavy atom. The van der Waals surface area contributed by atoms with E-state index >= 15 is 0 Å². The Balaban J connectivity index is 1.85. The third kappa shape index (κ3) is 4.86. The minimum atomic E-state index is 0.682. The summed E-state index contributed by atoms with van der Waals surface area (Å²) in [6.07, 6.45) is 0. The summed E-state index contributed by atoms with van der Waals surface area (Å²) in [6.45, 7) is 11.9. The summed E-state index contributed by atoms with van der Waals surface area (Å²) < 4.78 is 5.84. The summed E-state index contributed by atoms with van der Waals surface area (Å²) in [4.78, 5) is 2.53. The standard InChI is InChI=1S/C15H26N2OS/c1-12(2)9-16-10-15-8-14(13(3)18-15)11-17-4-6-19-7-5-17/h8,12,16H,4-7,9-11H2,1-3H3. The maximum absolute atomic E-state index is 5.84. The Labute approximate surface area is 121 Å². The van der Waals surface area contributed by atoms with E-state index in [0.717, 1.165) is 31.2 Å².